The zero-order valence-corrected chi connectivity index (χ0v) is 21.4. The number of rotatable bonds is 4. The van der Waals surface area contributed by atoms with E-state index in [-0.39, 0.29) is 43.6 Å². The minimum atomic E-state index is -0.793. The topological polar surface area (TPSA) is 64.0 Å². The van der Waals surface area contributed by atoms with Gasteiger partial charge in [0.15, 0.2) is 23.0 Å². The van der Waals surface area contributed by atoms with E-state index in [2.05, 4.69) is 0 Å². The average Bonchev–Trinajstić information content (AvgIpc) is 2.99. The Morgan fingerprint density at radius 2 is 1.75 bits per heavy atom. The van der Waals surface area contributed by atoms with Crippen LogP contribution in [0.3, 0.4) is 0 Å². The first-order valence-electron chi connectivity index (χ1n) is 12.8. The molecule has 2 aliphatic heterocycles. The largest absolute Gasteiger partial charge is 0.486 e. The van der Waals surface area contributed by atoms with Crippen LogP contribution in [0.5, 0.6) is 11.5 Å². The van der Waals surface area contributed by atoms with E-state index in [0.717, 1.165) is 5.56 Å². The molecule has 202 valence electrons. The highest BCUT2D eigenvalue weighted by molar-refractivity contribution is 5.96. The second-order valence-electron chi connectivity index (χ2n) is 9.48. The molecule has 0 aliphatic carbocycles. The minimum Gasteiger partial charge on any atom is -0.486 e. The van der Waals surface area contributed by atoms with Gasteiger partial charge in [0, 0.05) is 24.4 Å². The van der Waals surface area contributed by atoms with Gasteiger partial charge in [-0.05, 0) is 35.4 Å². The number of hydrogen-bond acceptors (Lipinski definition) is 5. The Morgan fingerprint density at radius 3 is 2.58 bits per heavy atom. The summed E-state index contributed by atoms with van der Waals surface area (Å²) in [6, 6.07) is 20.4. The smallest absolute Gasteiger partial charge is 0.278 e. The highest BCUT2D eigenvalue weighted by Crippen LogP contribution is 2.38. The number of hydrogen-bond donors (Lipinski definition) is 0. The van der Waals surface area contributed by atoms with Gasteiger partial charge >= 0.3 is 0 Å². The third kappa shape index (κ3) is 4.70. The van der Waals surface area contributed by atoms with E-state index in [1.54, 1.807) is 51.0 Å². The molecule has 9 heteroatoms. The van der Waals surface area contributed by atoms with Crippen LogP contribution in [0.15, 0.2) is 102 Å². The van der Waals surface area contributed by atoms with E-state index in [1.165, 1.54) is 30.5 Å². The molecule has 6 rings (SSSR count). The lowest BCUT2D eigenvalue weighted by molar-refractivity contribution is 0.0698. The van der Waals surface area contributed by atoms with Crippen molar-refractivity contribution in [2.45, 2.75) is 12.6 Å². The van der Waals surface area contributed by atoms with Gasteiger partial charge in [-0.15, -0.1) is 0 Å². The van der Waals surface area contributed by atoms with Gasteiger partial charge in [-0.2, -0.15) is 0 Å². The van der Waals surface area contributed by atoms with Crippen molar-refractivity contribution in [3.05, 3.63) is 141 Å². The number of amides is 1. The highest BCUT2D eigenvalue weighted by Gasteiger charge is 2.38. The Hall–Kier alpha value is -4.92. The fourth-order valence-corrected chi connectivity index (χ4v) is 5.07. The van der Waals surface area contributed by atoms with Crippen molar-refractivity contribution in [3.8, 4) is 11.5 Å². The van der Waals surface area contributed by atoms with Gasteiger partial charge in [0.05, 0.1) is 0 Å². The summed E-state index contributed by atoms with van der Waals surface area (Å²) in [5.41, 5.74) is 1.35. The molecule has 0 N–H and O–H groups in total. The highest BCUT2D eigenvalue weighted by atomic mass is 19.1. The lowest BCUT2D eigenvalue weighted by Crippen LogP contribution is -2.55. The molecule has 3 aromatic carbocycles. The number of carbonyl (C=O) groups is 1. The maximum absolute atomic E-state index is 15.2. The lowest BCUT2D eigenvalue weighted by Gasteiger charge is -2.44. The Morgan fingerprint density at radius 1 is 0.925 bits per heavy atom. The SMILES string of the molecule is O=C1c2c(OCc3ccccc3)c(=O)ccn2N2CN1C/C=C\COc1c(F)cccc1C2c1cccc(F)c1. The van der Waals surface area contributed by atoms with Crippen molar-refractivity contribution in [1.82, 2.24) is 9.58 Å². The molecule has 1 amide bonds. The lowest BCUT2D eigenvalue weighted by atomic mass is 9.96. The van der Waals surface area contributed by atoms with Crippen LogP contribution in [0, 0.1) is 11.6 Å². The van der Waals surface area contributed by atoms with E-state index < -0.39 is 29.0 Å². The Labute approximate surface area is 229 Å². The van der Waals surface area contributed by atoms with E-state index in [9.17, 15) is 14.0 Å². The van der Waals surface area contributed by atoms with E-state index in [0.29, 0.717) is 11.1 Å². The van der Waals surface area contributed by atoms with Gasteiger partial charge in [-0.3, -0.25) is 19.3 Å². The first kappa shape index (κ1) is 25.4. The molecule has 1 aromatic heterocycles. The van der Waals surface area contributed by atoms with Gasteiger partial charge < -0.3 is 14.4 Å². The normalized spacial score (nSPS) is 17.2. The summed E-state index contributed by atoms with van der Waals surface area (Å²) >= 11 is 0. The van der Waals surface area contributed by atoms with Crippen LogP contribution in [-0.4, -0.2) is 35.3 Å². The number of ether oxygens (including phenoxy) is 2. The molecule has 3 heterocycles. The number of benzene rings is 3. The average molecular weight is 542 g/mol. The third-order valence-corrected chi connectivity index (χ3v) is 6.91. The van der Waals surface area contributed by atoms with Crippen LogP contribution in [0.25, 0.3) is 0 Å². The van der Waals surface area contributed by atoms with E-state index in [4.69, 9.17) is 9.47 Å². The van der Waals surface area contributed by atoms with Crippen LogP contribution in [0.4, 0.5) is 8.78 Å². The van der Waals surface area contributed by atoms with Crippen LogP contribution in [-0.2, 0) is 6.61 Å². The maximum Gasteiger partial charge on any atom is 0.278 e. The Kier molecular flexibility index (Phi) is 6.77. The van der Waals surface area contributed by atoms with Gasteiger partial charge in [0.25, 0.3) is 5.91 Å². The zero-order valence-electron chi connectivity index (χ0n) is 21.4. The molecular weight excluding hydrogens is 516 g/mol. The molecule has 0 saturated carbocycles. The summed E-state index contributed by atoms with van der Waals surface area (Å²) in [5, 5.41) is 1.78. The van der Waals surface area contributed by atoms with Crippen LogP contribution < -0.4 is 19.9 Å². The van der Waals surface area contributed by atoms with Crippen LogP contribution >= 0.6 is 0 Å². The molecule has 1 atom stereocenters. The molecule has 1 unspecified atom stereocenters. The predicted octanol–water partition coefficient (Wildman–Crippen LogP) is 4.80. The number of fused-ring (bicyclic) bond motifs is 5. The molecule has 0 radical (unpaired) electrons. The molecule has 2 aliphatic rings. The Balaban J connectivity index is 1.57. The minimum absolute atomic E-state index is 0.0231. The zero-order chi connectivity index (χ0) is 27.6. The second kappa shape index (κ2) is 10.7. The number of halogens is 2. The summed E-state index contributed by atoms with van der Waals surface area (Å²) in [4.78, 5) is 28.5. The quantitative estimate of drug-likeness (QED) is 0.348. The van der Waals surface area contributed by atoms with Crippen molar-refractivity contribution < 1.29 is 23.0 Å². The maximum atomic E-state index is 15.2. The van der Waals surface area contributed by atoms with Crippen molar-refractivity contribution in [2.24, 2.45) is 0 Å². The van der Waals surface area contributed by atoms with Crippen molar-refractivity contribution in [1.29, 1.82) is 0 Å². The number of para-hydroxylation sites is 1. The molecule has 40 heavy (non-hydrogen) atoms. The Bertz CT molecular complexity index is 1650. The van der Waals surface area contributed by atoms with Gasteiger partial charge in [-0.1, -0.05) is 60.7 Å². The van der Waals surface area contributed by atoms with Crippen LogP contribution in [0.1, 0.15) is 33.2 Å². The molecule has 2 bridgehead atoms. The number of pyridine rings is 1. The molecule has 0 saturated heterocycles. The summed E-state index contributed by atoms with van der Waals surface area (Å²) in [6.07, 6.45) is 4.94. The summed E-state index contributed by atoms with van der Waals surface area (Å²) in [6.45, 7) is 0.417. The van der Waals surface area contributed by atoms with Crippen molar-refractivity contribution in [3.63, 3.8) is 0 Å². The monoisotopic (exact) mass is 541 g/mol. The fraction of sp³-hybridized carbons (Fsp3) is 0.161. The number of nitrogens with zero attached hydrogens (tertiary/aromatic N) is 3. The fourth-order valence-electron chi connectivity index (χ4n) is 5.07. The van der Waals surface area contributed by atoms with Crippen molar-refractivity contribution in [2.75, 3.05) is 24.8 Å². The van der Waals surface area contributed by atoms with E-state index in [1.807, 2.05) is 30.3 Å². The summed E-state index contributed by atoms with van der Waals surface area (Å²) in [7, 11) is 0. The first-order valence-corrected chi connectivity index (χ1v) is 12.8. The molecular formula is C31H25F2N3O4. The van der Waals surface area contributed by atoms with Gasteiger partial charge in [0.1, 0.15) is 31.7 Å². The standard InChI is InChI=1S/C31H25F2N3O4/c32-23-11-6-10-22(18-23)27-24-12-7-13-25(33)29(24)39-17-5-4-15-34-20-36(27)35-16-14-26(37)30(28(35)31(34)38)40-19-21-8-2-1-3-9-21/h1-14,16,18,27H,15,17,19-20H2/b5-4-. The van der Waals surface area contributed by atoms with Gasteiger partial charge in [-0.25, -0.2) is 8.78 Å². The second-order valence-corrected chi connectivity index (χ2v) is 9.48. The molecule has 4 aromatic rings. The first-order chi connectivity index (χ1) is 19.5. The predicted molar refractivity (Wildman–Crippen MR) is 145 cm³/mol. The third-order valence-electron chi connectivity index (χ3n) is 6.91. The number of carbonyl (C=O) groups excluding carboxylic acids is 1. The summed E-state index contributed by atoms with van der Waals surface area (Å²) in [5.74, 6) is -1.51. The molecule has 7 nitrogen and oxygen atoms in total. The molecule has 0 fully saturated rings. The summed E-state index contributed by atoms with van der Waals surface area (Å²) < 4.78 is 43.1. The van der Waals surface area contributed by atoms with Crippen LogP contribution in [0.2, 0.25) is 0 Å². The van der Waals surface area contributed by atoms with E-state index >= 15 is 4.39 Å². The number of aromatic nitrogens is 1. The van der Waals surface area contributed by atoms with Gasteiger partial charge in [0.2, 0.25) is 5.43 Å². The van der Waals surface area contributed by atoms with Crippen molar-refractivity contribution >= 4 is 5.91 Å². The molecule has 0 spiro atoms.